The van der Waals surface area contributed by atoms with Crippen molar-refractivity contribution in [3.8, 4) is 28.6 Å². The van der Waals surface area contributed by atoms with Crippen LogP contribution in [0.5, 0.6) is 17.2 Å². The predicted molar refractivity (Wildman–Crippen MR) is 129 cm³/mol. The predicted octanol–water partition coefficient (Wildman–Crippen LogP) is 5.59. The number of nitrogens with zero attached hydrogens (tertiary/aromatic N) is 3. The maximum absolute atomic E-state index is 13.8. The highest BCUT2D eigenvalue weighted by Crippen LogP contribution is 2.38. The highest BCUT2D eigenvalue weighted by atomic mass is 32.2. The fourth-order valence-corrected chi connectivity index (χ4v) is 5.21. The van der Waals surface area contributed by atoms with Gasteiger partial charge < -0.3 is 14.2 Å². The van der Waals surface area contributed by atoms with E-state index < -0.39 is 5.82 Å². The Morgan fingerprint density at radius 3 is 2.38 bits per heavy atom. The fourth-order valence-electron chi connectivity index (χ4n) is 4.32. The largest absolute Gasteiger partial charge is 0.496 e. The minimum absolute atomic E-state index is 0.0938. The van der Waals surface area contributed by atoms with Gasteiger partial charge in [-0.05, 0) is 49.2 Å². The van der Waals surface area contributed by atoms with Crippen LogP contribution in [-0.2, 0) is 0 Å². The molecule has 0 unspecified atom stereocenters. The molecule has 0 amide bonds. The summed E-state index contributed by atoms with van der Waals surface area (Å²) >= 11 is 1.31. The Kier molecular flexibility index (Phi) is 7.72. The second kappa shape index (κ2) is 10.9. The lowest BCUT2D eigenvalue weighted by Gasteiger charge is -2.25. The van der Waals surface area contributed by atoms with Gasteiger partial charge in [-0.25, -0.2) is 4.39 Å². The molecule has 0 radical (unpaired) electrons. The average molecular weight is 486 g/mol. The Labute approximate surface area is 202 Å². The van der Waals surface area contributed by atoms with Gasteiger partial charge in [0.2, 0.25) is 0 Å². The number of carbonyl (C=O) groups is 1. The first kappa shape index (κ1) is 24.1. The number of aromatic nitrogens is 3. The number of carbonyl (C=O) groups excluding carboxylic acids is 1. The molecule has 1 heterocycles. The highest BCUT2D eigenvalue weighted by Gasteiger charge is 2.25. The standard InChI is InChI=1S/C25H28FN3O4S/c1-31-21-12-10-17(26)14-19(21)20(30)15-34-25-28-27-24(29(25)18-7-5-4-6-8-18)16-9-11-22(32-2)23(13-16)33-3/h9-14,18H,4-8,15H2,1-3H3. The number of rotatable bonds is 9. The molecule has 0 N–H and O–H groups in total. The van der Waals surface area contributed by atoms with E-state index in [1.807, 2.05) is 18.2 Å². The van der Waals surface area contributed by atoms with Crippen LogP contribution in [0, 0.1) is 5.82 Å². The summed E-state index contributed by atoms with van der Waals surface area (Å²) in [6.07, 6.45) is 5.54. The second-order valence-electron chi connectivity index (χ2n) is 8.09. The zero-order chi connectivity index (χ0) is 24.1. The summed E-state index contributed by atoms with van der Waals surface area (Å²) in [4.78, 5) is 12.9. The smallest absolute Gasteiger partial charge is 0.192 e. The van der Waals surface area contributed by atoms with Crippen LogP contribution in [0.3, 0.4) is 0 Å². The van der Waals surface area contributed by atoms with Crippen molar-refractivity contribution in [2.75, 3.05) is 27.1 Å². The Morgan fingerprint density at radius 1 is 0.971 bits per heavy atom. The van der Waals surface area contributed by atoms with Crippen LogP contribution in [0.1, 0.15) is 48.5 Å². The summed E-state index contributed by atoms with van der Waals surface area (Å²) < 4.78 is 32.0. The summed E-state index contributed by atoms with van der Waals surface area (Å²) in [5, 5.41) is 9.60. The van der Waals surface area contributed by atoms with Gasteiger partial charge >= 0.3 is 0 Å². The van der Waals surface area contributed by atoms with Gasteiger partial charge in [0.05, 0.1) is 32.6 Å². The van der Waals surface area contributed by atoms with Gasteiger partial charge in [0.15, 0.2) is 28.3 Å². The Balaban J connectivity index is 1.65. The summed E-state index contributed by atoms with van der Waals surface area (Å²) in [6, 6.07) is 9.86. The topological polar surface area (TPSA) is 75.5 Å². The van der Waals surface area contributed by atoms with Crippen LogP contribution in [0.4, 0.5) is 4.39 Å². The number of thioether (sulfide) groups is 1. The number of ether oxygens (including phenoxy) is 3. The molecule has 4 rings (SSSR count). The van der Waals surface area contributed by atoms with Crippen molar-refractivity contribution in [3.63, 3.8) is 0 Å². The molecule has 0 aliphatic heterocycles. The normalized spacial score (nSPS) is 14.1. The average Bonchev–Trinajstić information content (AvgIpc) is 3.31. The van der Waals surface area contributed by atoms with Gasteiger partial charge in [0.25, 0.3) is 0 Å². The third-order valence-electron chi connectivity index (χ3n) is 6.04. The zero-order valence-electron chi connectivity index (χ0n) is 19.5. The molecule has 180 valence electrons. The van der Waals surface area contributed by atoms with Crippen molar-refractivity contribution in [1.82, 2.24) is 14.8 Å². The number of hydrogen-bond donors (Lipinski definition) is 0. The first-order valence-corrected chi connectivity index (χ1v) is 12.2. The van der Waals surface area contributed by atoms with Crippen molar-refractivity contribution >= 4 is 17.5 Å². The molecule has 1 aromatic heterocycles. The van der Waals surface area contributed by atoms with Crippen molar-refractivity contribution in [1.29, 1.82) is 0 Å². The molecule has 1 saturated carbocycles. The zero-order valence-corrected chi connectivity index (χ0v) is 20.4. The summed E-state index contributed by atoms with van der Waals surface area (Å²) in [5.74, 6) is 1.72. The van der Waals surface area contributed by atoms with E-state index in [0.29, 0.717) is 22.4 Å². The quantitative estimate of drug-likeness (QED) is 0.289. The van der Waals surface area contributed by atoms with Crippen LogP contribution in [-0.4, -0.2) is 47.6 Å². The lowest BCUT2D eigenvalue weighted by Crippen LogP contribution is -2.16. The van der Waals surface area contributed by atoms with Crippen molar-refractivity contribution in [3.05, 3.63) is 47.8 Å². The van der Waals surface area contributed by atoms with E-state index in [2.05, 4.69) is 14.8 Å². The maximum atomic E-state index is 13.8. The van der Waals surface area contributed by atoms with Crippen LogP contribution >= 0.6 is 11.8 Å². The van der Waals surface area contributed by atoms with Crippen molar-refractivity contribution < 1.29 is 23.4 Å². The molecule has 0 spiro atoms. The minimum atomic E-state index is -0.477. The first-order chi connectivity index (χ1) is 16.5. The number of ketones is 1. The molecule has 1 aliphatic carbocycles. The highest BCUT2D eigenvalue weighted by molar-refractivity contribution is 7.99. The molecule has 0 saturated heterocycles. The molecule has 1 aliphatic rings. The maximum Gasteiger partial charge on any atom is 0.192 e. The van der Waals surface area contributed by atoms with Gasteiger partial charge in [0, 0.05) is 11.6 Å². The van der Waals surface area contributed by atoms with E-state index in [0.717, 1.165) is 37.1 Å². The molecule has 7 nitrogen and oxygen atoms in total. The molecule has 1 fully saturated rings. The summed E-state index contributed by atoms with van der Waals surface area (Å²) in [6.45, 7) is 0. The monoisotopic (exact) mass is 485 g/mol. The van der Waals surface area contributed by atoms with E-state index in [-0.39, 0.29) is 23.1 Å². The molecule has 34 heavy (non-hydrogen) atoms. The third-order valence-corrected chi connectivity index (χ3v) is 6.98. The minimum Gasteiger partial charge on any atom is -0.496 e. The van der Waals surface area contributed by atoms with Gasteiger partial charge in [-0.2, -0.15) is 0 Å². The Bertz CT molecular complexity index is 1160. The van der Waals surface area contributed by atoms with Gasteiger partial charge in [0.1, 0.15) is 11.6 Å². The molecular formula is C25H28FN3O4S. The van der Waals surface area contributed by atoms with Crippen molar-refractivity contribution in [2.24, 2.45) is 0 Å². The first-order valence-electron chi connectivity index (χ1n) is 11.2. The second-order valence-corrected chi connectivity index (χ2v) is 9.04. The van der Waals surface area contributed by atoms with E-state index in [9.17, 15) is 9.18 Å². The number of methoxy groups -OCH3 is 3. The number of benzene rings is 2. The molecule has 9 heteroatoms. The van der Waals surface area contributed by atoms with Gasteiger partial charge in [-0.3, -0.25) is 9.36 Å². The number of hydrogen-bond acceptors (Lipinski definition) is 7. The molecular weight excluding hydrogens is 457 g/mol. The van der Waals surface area contributed by atoms with E-state index in [1.54, 1.807) is 14.2 Å². The number of halogens is 1. The molecule has 3 aromatic rings. The Morgan fingerprint density at radius 2 is 1.68 bits per heavy atom. The van der Waals surface area contributed by atoms with Crippen LogP contribution in [0.25, 0.3) is 11.4 Å². The Hall–Kier alpha value is -3.07. The SMILES string of the molecule is COc1ccc(-c2nnc(SCC(=O)c3cc(F)ccc3OC)n2C2CCCCC2)cc1OC. The van der Waals surface area contributed by atoms with Gasteiger partial charge in [-0.15, -0.1) is 10.2 Å². The molecule has 0 atom stereocenters. The van der Waals surface area contributed by atoms with E-state index in [1.165, 1.54) is 43.5 Å². The molecule has 0 bridgehead atoms. The van der Waals surface area contributed by atoms with Crippen LogP contribution in [0.2, 0.25) is 0 Å². The van der Waals surface area contributed by atoms with Crippen molar-refractivity contribution in [2.45, 2.75) is 43.3 Å². The number of Topliss-reactive ketones (excluding diaryl/α,β-unsaturated/α-hetero) is 1. The lowest BCUT2D eigenvalue weighted by atomic mass is 9.95. The van der Waals surface area contributed by atoms with Crippen LogP contribution < -0.4 is 14.2 Å². The molecule has 2 aromatic carbocycles. The van der Waals surface area contributed by atoms with Crippen LogP contribution in [0.15, 0.2) is 41.6 Å². The summed E-state index contributed by atoms with van der Waals surface area (Å²) in [7, 11) is 4.66. The summed E-state index contributed by atoms with van der Waals surface area (Å²) in [5.41, 5.74) is 1.08. The fraction of sp³-hybridized carbons (Fsp3) is 0.400. The van der Waals surface area contributed by atoms with Gasteiger partial charge in [-0.1, -0.05) is 31.0 Å². The van der Waals surface area contributed by atoms with E-state index >= 15 is 0 Å². The van der Waals surface area contributed by atoms with E-state index in [4.69, 9.17) is 14.2 Å². The lowest BCUT2D eigenvalue weighted by molar-refractivity contribution is 0.101. The third kappa shape index (κ3) is 5.04.